The van der Waals surface area contributed by atoms with Crippen molar-refractivity contribution in [3.63, 3.8) is 0 Å². The van der Waals surface area contributed by atoms with Crippen molar-refractivity contribution in [2.75, 3.05) is 26.2 Å². The van der Waals surface area contributed by atoms with Crippen LogP contribution in [0.4, 0.5) is 0 Å². The van der Waals surface area contributed by atoms with E-state index in [1.54, 1.807) is 0 Å². The van der Waals surface area contributed by atoms with Gasteiger partial charge in [0.1, 0.15) is 5.69 Å². The quantitative estimate of drug-likeness (QED) is 0.932. The van der Waals surface area contributed by atoms with Gasteiger partial charge in [0.05, 0.1) is 6.10 Å². The molecule has 25 heavy (non-hydrogen) atoms. The maximum Gasteiger partial charge on any atom is 0.270 e. The van der Waals surface area contributed by atoms with E-state index in [1.165, 1.54) is 0 Å². The van der Waals surface area contributed by atoms with E-state index in [0.29, 0.717) is 6.04 Å². The summed E-state index contributed by atoms with van der Waals surface area (Å²) >= 11 is 0. The average molecular weight is 341 g/mol. The number of aryl methyl sites for hydroxylation is 1. The van der Waals surface area contributed by atoms with Gasteiger partial charge in [-0.2, -0.15) is 0 Å². The molecule has 2 aliphatic rings. The lowest BCUT2D eigenvalue weighted by Crippen LogP contribution is -2.53. The lowest BCUT2D eigenvalue weighted by atomic mass is 10.1. The van der Waals surface area contributed by atoms with Gasteiger partial charge in [-0.15, -0.1) is 0 Å². The molecule has 1 aromatic heterocycles. The van der Waals surface area contributed by atoms with Gasteiger partial charge >= 0.3 is 0 Å². The summed E-state index contributed by atoms with van der Waals surface area (Å²) in [6.07, 6.45) is 2.92. The van der Waals surface area contributed by atoms with Crippen LogP contribution in [0.15, 0.2) is 30.3 Å². The molecule has 1 aliphatic carbocycles. The van der Waals surface area contributed by atoms with Crippen molar-refractivity contribution in [1.29, 1.82) is 0 Å². The minimum absolute atomic E-state index is 0.129. The van der Waals surface area contributed by atoms with E-state index in [-0.39, 0.29) is 12.0 Å². The van der Waals surface area contributed by atoms with Crippen LogP contribution in [0.25, 0.3) is 10.9 Å². The molecule has 1 N–H and O–H groups in total. The van der Waals surface area contributed by atoms with Gasteiger partial charge < -0.3 is 14.6 Å². The normalized spacial score (nSPS) is 25.0. The number of carbonyl (C=O) groups excluding carboxylic acids is 1. The third-order valence-electron chi connectivity index (χ3n) is 5.86. The molecular formula is C20H27N3O2. The maximum absolute atomic E-state index is 13.1. The Balaban J connectivity index is 1.49. The molecule has 2 fully saturated rings. The highest BCUT2D eigenvalue weighted by atomic mass is 16.3. The Labute approximate surface area is 148 Å². The number of carbonyl (C=O) groups is 1. The van der Waals surface area contributed by atoms with Crippen LogP contribution in [0.3, 0.4) is 0 Å². The standard InChI is InChI=1S/C20H27N3O2/c1-2-23-16-7-4-3-6-15(16)14-18(23)20(25)22-12-10-21(11-13-22)17-8-5-9-19(17)24/h3-4,6-7,14,17,19,24H,2,5,8-13H2,1H3/t17-,19+/m0/s1. The fourth-order valence-corrected chi connectivity index (χ4v) is 4.49. The second-order valence-electron chi connectivity index (χ2n) is 7.23. The molecule has 5 heteroatoms. The first kappa shape index (κ1) is 16.6. The number of aliphatic hydroxyl groups excluding tert-OH is 1. The Morgan fingerprint density at radius 3 is 2.60 bits per heavy atom. The molecule has 2 heterocycles. The molecule has 0 spiro atoms. The van der Waals surface area contributed by atoms with Crippen molar-refractivity contribution in [2.45, 2.75) is 44.9 Å². The summed E-state index contributed by atoms with van der Waals surface area (Å²) in [4.78, 5) is 17.4. The van der Waals surface area contributed by atoms with Crippen LogP contribution in [0, 0.1) is 0 Å². The summed E-state index contributed by atoms with van der Waals surface area (Å²) < 4.78 is 2.12. The number of hydrogen-bond donors (Lipinski definition) is 1. The molecule has 1 saturated heterocycles. The Bertz CT molecular complexity index is 761. The van der Waals surface area contributed by atoms with Gasteiger partial charge in [0, 0.05) is 49.7 Å². The van der Waals surface area contributed by atoms with Crippen molar-refractivity contribution in [3.05, 3.63) is 36.0 Å². The number of amides is 1. The first-order valence-corrected chi connectivity index (χ1v) is 9.48. The van der Waals surface area contributed by atoms with Crippen LogP contribution in [0.1, 0.15) is 36.7 Å². The molecule has 1 aromatic carbocycles. The van der Waals surface area contributed by atoms with Gasteiger partial charge in [0.25, 0.3) is 5.91 Å². The number of nitrogens with zero attached hydrogens (tertiary/aromatic N) is 3. The molecule has 2 aromatic rings. The third kappa shape index (κ3) is 2.96. The Kier molecular flexibility index (Phi) is 4.52. The van der Waals surface area contributed by atoms with Crippen molar-refractivity contribution >= 4 is 16.8 Å². The van der Waals surface area contributed by atoms with Crippen molar-refractivity contribution in [3.8, 4) is 0 Å². The number of aliphatic hydroxyl groups is 1. The van der Waals surface area contributed by atoms with Gasteiger partial charge in [-0.05, 0) is 38.3 Å². The fraction of sp³-hybridized carbons (Fsp3) is 0.550. The highest BCUT2D eigenvalue weighted by Crippen LogP contribution is 2.26. The van der Waals surface area contributed by atoms with E-state index in [1.807, 2.05) is 23.1 Å². The molecule has 4 rings (SSSR count). The second-order valence-corrected chi connectivity index (χ2v) is 7.23. The van der Waals surface area contributed by atoms with Gasteiger partial charge in [0.2, 0.25) is 0 Å². The third-order valence-corrected chi connectivity index (χ3v) is 5.86. The largest absolute Gasteiger partial charge is 0.391 e. The van der Waals surface area contributed by atoms with Crippen LogP contribution in [-0.2, 0) is 6.54 Å². The Morgan fingerprint density at radius 2 is 1.92 bits per heavy atom. The van der Waals surface area contributed by atoms with E-state index in [0.717, 1.165) is 68.6 Å². The summed E-state index contributed by atoms with van der Waals surface area (Å²) in [7, 11) is 0. The summed E-state index contributed by atoms with van der Waals surface area (Å²) in [6.45, 7) is 6.09. The summed E-state index contributed by atoms with van der Waals surface area (Å²) in [5.74, 6) is 0.129. The zero-order chi connectivity index (χ0) is 17.4. The number of hydrogen-bond acceptors (Lipinski definition) is 3. The van der Waals surface area contributed by atoms with Crippen molar-refractivity contribution < 1.29 is 9.90 Å². The van der Waals surface area contributed by atoms with Crippen molar-refractivity contribution in [1.82, 2.24) is 14.4 Å². The first-order valence-electron chi connectivity index (χ1n) is 9.48. The lowest BCUT2D eigenvalue weighted by molar-refractivity contribution is 0.0311. The van der Waals surface area contributed by atoms with Gasteiger partial charge in [-0.25, -0.2) is 0 Å². The molecule has 1 aliphatic heterocycles. The van der Waals surface area contributed by atoms with Gasteiger partial charge in [-0.1, -0.05) is 18.2 Å². The number of aromatic nitrogens is 1. The van der Waals surface area contributed by atoms with E-state index >= 15 is 0 Å². The summed E-state index contributed by atoms with van der Waals surface area (Å²) in [5.41, 5.74) is 1.92. The predicted molar refractivity (Wildman–Crippen MR) is 98.7 cm³/mol. The zero-order valence-electron chi connectivity index (χ0n) is 14.9. The minimum Gasteiger partial charge on any atom is -0.391 e. The van der Waals surface area contributed by atoms with E-state index in [9.17, 15) is 9.90 Å². The SMILES string of the molecule is CCn1c(C(=O)N2CCN([C@H]3CCC[C@H]3O)CC2)cc2ccccc21. The molecule has 2 atom stereocenters. The molecule has 0 radical (unpaired) electrons. The van der Waals surface area contributed by atoms with E-state index in [2.05, 4.69) is 28.5 Å². The predicted octanol–water partition coefficient (Wildman–Crippen LogP) is 2.33. The molecule has 134 valence electrons. The summed E-state index contributed by atoms with van der Waals surface area (Å²) in [6, 6.07) is 10.5. The van der Waals surface area contributed by atoms with Gasteiger partial charge in [0.15, 0.2) is 0 Å². The average Bonchev–Trinajstić information content (AvgIpc) is 3.24. The van der Waals surface area contributed by atoms with Crippen LogP contribution in [0.5, 0.6) is 0 Å². The number of piperazine rings is 1. The number of para-hydroxylation sites is 1. The van der Waals surface area contributed by atoms with Crippen LogP contribution in [0.2, 0.25) is 0 Å². The maximum atomic E-state index is 13.1. The monoisotopic (exact) mass is 341 g/mol. The van der Waals surface area contributed by atoms with Crippen LogP contribution in [-0.4, -0.2) is 63.7 Å². The lowest BCUT2D eigenvalue weighted by Gasteiger charge is -2.39. The number of benzene rings is 1. The smallest absolute Gasteiger partial charge is 0.270 e. The highest BCUT2D eigenvalue weighted by Gasteiger charge is 2.33. The summed E-state index contributed by atoms with van der Waals surface area (Å²) in [5, 5.41) is 11.2. The molecule has 1 saturated carbocycles. The highest BCUT2D eigenvalue weighted by molar-refractivity contribution is 5.98. The topological polar surface area (TPSA) is 48.7 Å². The second kappa shape index (κ2) is 6.81. The molecule has 0 unspecified atom stereocenters. The number of rotatable bonds is 3. The fourth-order valence-electron chi connectivity index (χ4n) is 4.49. The van der Waals surface area contributed by atoms with Crippen LogP contribution < -0.4 is 0 Å². The van der Waals surface area contributed by atoms with Crippen LogP contribution >= 0.6 is 0 Å². The molecular weight excluding hydrogens is 314 g/mol. The number of fused-ring (bicyclic) bond motifs is 1. The van der Waals surface area contributed by atoms with E-state index < -0.39 is 0 Å². The molecule has 5 nitrogen and oxygen atoms in total. The van der Waals surface area contributed by atoms with Crippen molar-refractivity contribution in [2.24, 2.45) is 0 Å². The Hall–Kier alpha value is -1.85. The molecule has 0 bridgehead atoms. The Morgan fingerprint density at radius 1 is 1.16 bits per heavy atom. The van der Waals surface area contributed by atoms with Gasteiger partial charge in [-0.3, -0.25) is 9.69 Å². The minimum atomic E-state index is -0.190. The molecule has 1 amide bonds. The zero-order valence-corrected chi connectivity index (χ0v) is 14.9. The first-order chi connectivity index (χ1) is 12.2. The van der Waals surface area contributed by atoms with E-state index in [4.69, 9.17) is 0 Å².